The Morgan fingerprint density at radius 3 is 2.34 bits per heavy atom. The summed E-state index contributed by atoms with van der Waals surface area (Å²) in [6, 6.07) is 17.3. The number of sulfonamides is 1. The molecule has 164 valence electrons. The first-order valence-electron chi connectivity index (χ1n) is 9.63. The Kier molecular flexibility index (Phi) is 5.81. The van der Waals surface area contributed by atoms with Crippen LogP contribution in [0.25, 0.3) is 0 Å². The molecular formula is C22H20N4O4S2. The molecule has 2 amide bonds. The Balaban J connectivity index is 1.45. The fraction of sp³-hybridized carbons (Fsp3) is 0.0909. The number of thioether (sulfide) groups is 1. The van der Waals surface area contributed by atoms with Crippen LogP contribution in [0.3, 0.4) is 0 Å². The maximum absolute atomic E-state index is 12.6. The van der Waals surface area contributed by atoms with Crippen LogP contribution < -0.4 is 21.1 Å². The molecule has 1 heterocycles. The van der Waals surface area contributed by atoms with Crippen LogP contribution in [-0.4, -0.2) is 25.5 Å². The lowest BCUT2D eigenvalue weighted by Gasteiger charge is -2.21. The second-order valence-electron chi connectivity index (χ2n) is 7.17. The molecule has 4 rings (SSSR count). The summed E-state index contributed by atoms with van der Waals surface area (Å²) in [6.45, 7) is 1.82. The molecule has 3 aromatic rings. The number of rotatable bonds is 5. The van der Waals surface area contributed by atoms with Crippen LogP contribution >= 0.6 is 11.8 Å². The highest BCUT2D eigenvalue weighted by atomic mass is 32.2. The van der Waals surface area contributed by atoms with Crippen molar-refractivity contribution in [1.82, 2.24) is 0 Å². The van der Waals surface area contributed by atoms with E-state index in [-0.39, 0.29) is 22.0 Å². The average molecular weight is 469 g/mol. The zero-order chi connectivity index (χ0) is 22.9. The van der Waals surface area contributed by atoms with Gasteiger partial charge < -0.3 is 16.4 Å². The van der Waals surface area contributed by atoms with Crippen molar-refractivity contribution in [3.05, 3.63) is 72.3 Å². The molecule has 0 saturated heterocycles. The quantitative estimate of drug-likeness (QED) is 0.422. The second-order valence-corrected chi connectivity index (χ2v) is 10.2. The fourth-order valence-corrected chi connectivity index (χ4v) is 5.02. The van der Waals surface area contributed by atoms with Gasteiger partial charge in [0.05, 0.1) is 15.8 Å². The zero-order valence-corrected chi connectivity index (χ0v) is 18.6. The number of carbonyl (C=O) groups excluding carboxylic acids is 2. The lowest BCUT2D eigenvalue weighted by atomic mass is 10.1. The molecule has 0 aromatic heterocycles. The second kappa shape index (κ2) is 8.56. The number of anilines is 4. The molecule has 8 nitrogen and oxygen atoms in total. The molecule has 1 aliphatic heterocycles. The zero-order valence-electron chi connectivity index (χ0n) is 17.0. The number of nitrogen functional groups attached to an aromatic ring is 1. The largest absolute Gasteiger partial charge is 0.399 e. The highest BCUT2D eigenvalue weighted by molar-refractivity contribution is 8.01. The molecule has 1 aliphatic rings. The van der Waals surface area contributed by atoms with E-state index in [0.29, 0.717) is 28.3 Å². The molecule has 0 aliphatic carbocycles. The van der Waals surface area contributed by atoms with Crippen LogP contribution in [0.5, 0.6) is 0 Å². The minimum atomic E-state index is -3.79. The monoisotopic (exact) mass is 468 g/mol. The first-order chi connectivity index (χ1) is 15.2. The van der Waals surface area contributed by atoms with Crippen molar-refractivity contribution in [3.8, 4) is 0 Å². The van der Waals surface area contributed by atoms with Gasteiger partial charge in [0.25, 0.3) is 15.9 Å². The van der Waals surface area contributed by atoms with Gasteiger partial charge in [-0.1, -0.05) is 0 Å². The fourth-order valence-electron chi connectivity index (χ4n) is 3.04. The SMILES string of the molecule is CC1Sc2ccc(C(=O)Nc3ccc(S(=O)(=O)Nc4ccc(N)cc4)cc3)cc2NC1=O. The van der Waals surface area contributed by atoms with E-state index in [4.69, 9.17) is 5.73 Å². The number of fused-ring (bicyclic) bond motifs is 1. The summed E-state index contributed by atoms with van der Waals surface area (Å²) in [7, 11) is -3.79. The van der Waals surface area contributed by atoms with Gasteiger partial charge in [-0.3, -0.25) is 14.3 Å². The van der Waals surface area contributed by atoms with Crippen molar-refractivity contribution in [2.45, 2.75) is 22.0 Å². The summed E-state index contributed by atoms with van der Waals surface area (Å²) in [4.78, 5) is 25.5. The Hall–Kier alpha value is -3.50. The third-order valence-electron chi connectivity index (χ3n) is 4.76. The van der Waals surface area contributed by atoms with Gasteiger partial charge >= 0.3 is 0 Å². The summed E-state index contributed by atoms with van der Waals surface area (Å²) in [6.07, 6.45) is 0. The molecule has 0 spiro atoms. The number of carbonyl (C=O) groups is 2. The van der Waals surface area contributed by atoms with Crippen LogP contribution in [0.15, 0.2) is 76.5 Å². The van der Waals surface area contributed by atoms with Gasteiger partial charge in [0.15, 0.2) is 0 Å². The van der Waals surface area contributed by atoms with E-state index in [2.05, 4.69) is 15.4 Å². The van der Waals surface area contributed by atoms with Crippen molar-refractivity contribution < 1.29 is 18.0 Å². The lowest BCUT2D eigenvalue weighted by molar-refractivity contribution is -0.115. The highest BCUT2D eigenvalue weighted by Crippen LogP contribution is 2.36. The normalized spacial score (nSPS) is 15.4. The number of hydrogen-bond donors (Lipinski definition) is 4. The van der Waals surface area contributed by atoms with Gasteiger partial charge in [-0.25, -0.2) is 8.42 Å². The first-order valence-corrected chi connectivity index (χ1v) is 12.0. The summed E-state index contributed by atoms with van der Waals surface area (Å²) >= 11 is 1.44. The Morgan fingerprint density at radius 1 is 1.00 bits per heavy atom. The molecule has 32 heavy (non-hydrogen) atoms. The lowest BCUT2D eigenvalue weighted by Crippen LogP contribution is -2.26. The van der Waals surface area contributed by atoms with Crippen LogP contribution in [0.2, 0.25) is 0 Å². The third-order valence-corrected chi connectivity index (χ3v) is 7.33. The molecule has 10 heteroatoms. The van der Waals surface area contributed by atoms with E-state index < -0.39 is 10.0 Å². The van der Waals surface area contributed by atoms with Crippen molar-refractivity contribution in [2.24, 2.45) is 0 Å². The van der Waals surface area contributed by atoms with Gasteiger partial charge in [-0.2, -0.15) is 0 Å². The van der Waals surface area contributed by atoms with E-state index in [1.165, 1.54) is 36.0 Å². The van der Waals surface area contributed by atoms with Crippen molar-refractivity contribution in [1.29, 1.82) is 0 Å². The summed E-state index contributed by atoms with van der Waals surface area (Å²) < 4.78 is 27.6. The molecule has 1 unspecified atom stereocenters. The van der Waals surface area contributed by atoms with E-state index in [1.807, 2.05) is 6.92 Å². The van der Waals surface area contributed by atoms with Crippen LogP contribution in [0.4, 0.5) is 22.7 Å². The minimum Gasteiger partial charge on any atom is -0.399 e. The van der Waals surface area contributed by atoms with Gasteiger partial charge in [0, 0.05) is 27.5 Å². The molecule has 5 N–H and O–H groups in total. The van der Waals surface area contributed by atoms with Gasteiger partial charge in [0.2, 0.25) is 5.91 Å². The van der Waals surface area contributed by atoms with Crippen molar-refractivity contribution >= 4 is 56.3 Å². The molecule has 0 bridgehead atoms. The summed E-state index contributed by atoms with van der Waals surface area (Å²) in [5.74, 6) is -0.481. The molecular weight excluding hydrogens is 448 g/mol. The Labute approximate surface area is 189 Å². The summed E-state index contributed by atoms with van der Waals surface area (Å²) in [5, 5.41) is 5.34. The molecule has 0 saturated carbocycles. The molecule has 0 fully saturated rings. The number of benzene rings is 3. The van der Waals surface area contributed by atoms with Gasteiger partial charge in [-0.15, -0.1) is 11.8 Å². The topological polar surface area (TPSA) is 130 Å². The highest BCUT2D eigenvalue weighted by Gasteiger charge is 2.24. The summed E-state index contributed by atoms with van der Waals surface area (Å²) in [5.41, 5.74) is 7.95. The van der Waals surface area contributed by atoms with Crippen LogP contribution in [-0.2, 0) is 14.8 Å². The van der Waals surface area contributed by atoms with Gasteiger partial charge in [0.1, 0.15) is 0 Å². The maximum Gasteiger partial charge on any atom is 0.261 e. The Bertz CT molecular complexity index is 1290. The predicted octanol–water partition coefficient (Wildman–Crippen LogP) is 3.75. The van der Waals surface area contributed by atoms with Crippen LogP contribution in [0.1, 0.15) is 17.3 Å². The van der Waals surface area contributed by atoms with E-state index in [9.17, 15) is 18.0 Å². The number of nitrogens with two attached hydrogens (primary N) is 1. The van der Waals surface area contributed by atoms with E-state index in [1.54, 1.807) is 42.5 Å². The number of hydrogen-bond acceptors (Lipinski definition) is 6. The van der Waals surface area contributed by atoms with E-state index in [0.717, 1.165) is 4.90 Å². The van der Waals surface area contributed by atoms with Gasteiger partial charge in [-0.05, 0) is 73.7 Å². The predicted molar refractivity (Wildman–Crippen MR) is 126 cm³/mol. The molecule has 3 aromatic carbocycles. The maximum atomic E-state index is 12.6. The minimum absolute atomic E-state index is 0.0509. The number of nitrogens with one attached hydrogen (secondary N) is 3. The smallest absolute Gasteiger partial charge is 0.261 e. The Morgan fingerprint density at radius 2 is 1.66 bits per heavy atom. The van der Waals surface area contributed by atoms with Crippen molar-refractivity contribution in [3.63, 3.8) is 0 Å². The standard InChI is InChI=1S/C22H20N4O4S2/c1-13-21(27)25-19-12-14(2-11-20(19)31-13)22(28)24-16-7-9-18(10-8-16)32(29,30)26-17-5-3-15(23)4-6-17/h2-13,26H,23H2,1H3,(H,24,28)(H,25,27). The van der Waals surface area contributed by atoms with Crippen LogP contribution in [0, 0.1) is 0 Å². The first kappa shape index (κ1) is 21.7. The van der Waals surface area contributed by atoms with E-state index >= 15 is 0 Å². The average Bonchev–Trinajstić information content (AvgIpc) is 2.76. The number of amides is 2. The third kappa shape index (κ3) is 4.71. The molecule has 1 atom stereocenters. The molecule has 0 radical (unpaired) electrons. The van der Waals surface area contributed by atoms with Crippen molar-refractivity contribution in [2.75, 3.05) is 21.1 Å².